The van der Waals surface area contributed by atoms with E-state index in [1.54, 1.807) is 0 Å². The lowest BCUT2D eigenvalue weighted by Gasteiger charge is -2.21. The van der Waals surface area contributed by atoms with Crippen LogP contribution < -0.4 is 10.9 Å². The first-order valence-electron chi connectivity index (χ1n) is 7.41. The van der Waals surface area contributed by atoms with Crippen LogP contribution in [0.1, 0.15) is 37.0 Å². The molecule has 0 amide bonds. The van der Waals surface area contributed by atoms with Gasteiger partial charge in [-0.05, 0) is 68.5 Å². The fourth-order valence-corrected chi connectivity index (χ4v) is 3.55. The average molecular weight is 283 g/mol. The number of rotatable bonds is 1. The summed E-state index contributed by atoms with van der Waals surface area (Å²) in [4.78, 5) is 4.82. The van der Waals surface area contributed by atoms with E-state index in [9.17, 15) is 4.39 Å². The second-order valence-corrected chi connectivity index (χ2v) is 6.38. The maximum absolute atomic E-state index is 13.2. The van der Waals surface area contributed by atoms with Crippen molar-refractivity contribution in [3.05, 3.63) is 46.8 Å². The lowest BCUT2D eigenvalue weighted by atomic mass is 9.89. The quantitative estimate of drug-likeness (QED) is 0.840. The van der Waals surface area contributed by atoms with Gasteiger partial charge in [0.25, 0.3) is 0 Å². The van der Waals surface area contributed by atoms with Crippen molar-refractivity contribution >= 4 is 5.82 Å². The Kier molecular flexibility index (Phi) is 2.60. The number of pyridine rings is 1. The zero-order valence-corrected chi connectivity index (χ0v) is 12.3. The van der Waals surface area contributed by atoms with Crippen molar-refractivity contribution in [2.45, 2.75) is 38.6 Å². The number of hydrogen-bond donors (Lipinski definition) is 2. The summed E-state index contributed by atoms with van der Waals surface area (Å²) < 4.78 is 13.2. The normalized spacial score (nSPS) is 18.2. The number of nitrogens with one attached hydrogen (secondary N) is 2. The number of halogens is 1. The van der Waals surface area contributed by atoms with Crippen molar-refractivity contribution in [3.8, 4) is 11.3 Å². The molecule has 0 radical (unpaired) electrons. The van der Waals surface area contributed by atoms with E-state index in [4.69, 9.17) is 4.98 Å². The standard InChI is InChI=1S/C17H18FN3/c1-17(2)14-12-4-3-5-13(12)15(19-16(14)20-21-17)10-6-8-11(18)9-7-10/h6-9,21H,3-5H2,1-2H3,(H,19,20). The molecule has 3 nitrogen and oxygen atoms in total. The van der Waals surface area contributed by atoms with Crippen molar-refractivity contribution < 1.29 is 4.39 Å². The Balaban J connectivity index is 1.95. The van der Waals surface area contributed by atoms with Crippen molar-refractivity contribution in [2.24, 2.45) is 0 Å². The molecule has 1 aromatic heterocycles. The second-order valence-electron chi connectivity index (χ2n) is 6.38. The third-order valence-electron chi connectivity index (χ3n) is 4.50. The number of anilines is 1. The van der Waals surface area contributed by atoms with E-state index in [0.717, 1.165) is 36.3 Å². The molecule has 4 rings (SSSR count). The molecule has 2 aliphatic rings. The summed E-state index contributed by atoms with van der Waals surface area (Å²) in [7, 11) is 0. The molecule has 4 heteroatoms. The molecule has 0 saturated heterocycles. The fourth-order valence-electron chi connectivity index (χ4n) is 3.55. The van der Waals surface area contributed by atoms with Gasteiger partial charge in [0.05, 0.1) is 11.2 Å². The molecule has 0 spiro atoms. The van der Waals surface area contributed by atoms with Gasteiger partial charge in [-0.3, -0.25) is 0 Å². The first-order valence-corrected chi connectivity index (χ1v) is 7.41. The molecule has 2 aromatic rings. The van der Waals surface area contributed by atoms with Crippen LogP contribution in [0.4, 0.5) is 10.2 Å². The molecule has 21 heavy (non-hydrogen) atoms. The van der Waals surface area contributed by atoms with Crippen LogP contribution in [0, 0.1) is 5.82 Å². The van der Waals surface area contributed by atoms with E-state index in [1.165, 1.54) is 28.8 Å². The van der Waals surface area contributed by atoms with Gasteiger partial charge in [-0.2, -0.15) is 0 Å². The minimum atomic E-state index is -0.211. The smallest absolute Gasteiger partial charge is 0.146 e. The number of benzene rings is 1. The molecular weight excluding hydrogens is 265 g/mol. The van der Waals surface area contributed by atoms with Gasteiger partial charge in [0.15, 0.2) is 0 Å². The van der Waals surface area contributed by atoms with Gasteiger partial charge in [0, 0.05) is 11.1 Å². The Labute approximate surface area is 123 Å². The van der Waals surface area contributed by atoms with Gasteiger partial charge in [0.1, 0.15) is 11.6 Å². The highest BCUT2D eigenvalue weighted by atomic mass is 19.1. The van der Waals surface area contributed by atoms with Gasteiger partial charge >= 0.3 is 0 Å². The van der Waals surface area contributed by atoms with Crippen LogP contribution in [0.15, 0.2) is 24.3 Å². The molecule has 1 aliphatic carbocycles. The zero-order chi connectivity index (χ0) is 14.6. The lowest BCUT2D eigenvalue weighted by Crippen LogP contribution is -2.33. The summed E-state index contributed by atoms with van der Waals surface area (Å²) in [5.74, 6) is 0.706. The Morgan fingerprint density at radius 1 is 1.10 bits per heavy atom. The largest absolute Gasteiger partial charge is 0.305 e. The van der Waals surface area contributed by atoms with Crippen LogP contribution in [0.3, 0.4) is 0 Å². The summed E-state index contributed by atoms with van der Waals surface area (Å²) in [5, 5.41) is 0. The Morgan fingerprint density at radius 2 is 1.81 bits per heavy atom. The molecule has 0 saturated carbocycles. The molecule has 1 aliphatic heterocycles. The minimum absolute atomic E-state index is 0.0991. The van der Waals surface area contributed by atoms with E-state index in [2.05, 4.69) is 24.7 Å². The Hall–Kier alpha value is -1.94. The van der Waals surface area contributed by atoms with Gasteiger partial charge in [-0.15, -0.1) is 0 Å². The van der Waals surface area contributed by atoms with Crippen LogP contribution in [0.2, 0.25) is 0 Å². The van der Waals surface area contributed by atoms with Gasteiger partial charge in [-0.25, -0.2) is 14.8 Å². The molecule has 108 valence electrons. The highest BCUT2D eigenvalue weighted by Gasteiger charge is 2.36. The number of fused-ring (bicyclic) bond motifs is 3. The minimum Gasteiger partial charge on any atom is -0.305 e. The Morgan fingerprint density at radius 3 is 2.57 bits per heavy atom. The van der Waals surface area contributed by atoms with Crippen molar-refractivity contribution in [3.63, 3.8) is 0 Å². The van der Waals surface area contributed by atoms with Crippen molar-refractivity contribution in [2.75, 3.05) is 5.43 Å². The molecule has 0 unspecified atom stereocenters. The second kappa shape index (κ2) is 4.28. The summed E-state index contributed by atoms with van der Waals surface area (Å²) in [6.45, 7) is 4.34. The van der Waals surface area contributed by atoms with E-state index < -0.39 is 0 Å². The van der Waals surface area contributed by atoms with E-state index in [1.807, 2.05) is 12.1 Å². The van der Waals surface area contributed by atoms with Crippen LogP contribution >= 0.6 is 0 Å². The van der Waals surface area contributed by atoms with Crippen LogP contribution in [-0.2, 0) is 18.4 Å². The summed E-state index contributed by atoms with van der Waals surface area (Å²) in [6, 6.07) is 6.63. The van der Waals surface area contributed by atoms with E-state index in [-0.39, 0.29) is 11.4 Å². The average Bonchev–Trinajstić information content (AvgIpc) is 3.03. The monoisotopic (exact) mass is 283 g/mol. The molecular formula is C17H18FN3. The molecule has 0 fully saturated rings. The topological polar surface area (TPSA) is 37.0 Å². The number of aromatic nitrogens is 1. The van der Waals surface area contributed by atoms with E-state index in [0.29, 0.717) is 0 Å². The molecule has 1 aromatic carbocycles. The molecule has 0 atom stereocenters. The summed E-state index contributed by atoms with van der Waals surface area (Å²) in [5.41, 5.74) is 12.4. The number of nitrogens with zero attached hydrogens (tertiary/aromatic N) is 1. The highest BCUT2D eigenvalue weighted by Crippen LogP contribution is 2.42. The highest BCUT2D eigenvalue weighted by molar-refractivity contribution is 5.72. The predicted molar refractivity (Wildman–Crippen MR) is 81.4 cm³/mol. The van der Waals surface area contributed by atoms with Gasteiger partial charge in [0.2, 0.25) is 0 Å². The van der Waals surface area contributed by atoms with Crippen LogP contribution in [0.5, 0.6) is 0 Å². The van der Waals surface area contributed by atoms with Crippen molar-refractivity contribution in [1.82, 2.24) is 10.4 Å². The summed E-state index contributed by atoms with van der Waals surface area (Å²) >= 11 is 0. The third-order valence-corrected chi connectivity index (χ3v) is 4.50. The Bertz CT molecular complexity index is 720. The molecule has 2 heterocycles. The zero-order valence-electron chi connectivity index (χ0n) is 12.3. The maximum atomic E-state index is 13.2. The number of hydrogen-bond acceptors (Lipinski definition) is 3. The van der Waals surface area contributed by atoms with E-state index >= 15 is 0 Å². The first-order chi connectivity index (χ1) is 10.1. The molecule has 2 N–H and O–H groups in total. The lowest BCUT2D eigenvalue weighted by molar-refractivity contribution is 0.467. The van der Waals surface area contributed by atoms with Crippen molar-refractivity contribution in [1.29, 1.82) is 0 Å². The number of hydrazine groups is 1. The third kappa shape index (κ3) is 1.86. The maximum Gasteiger partial charge on any atom is 0.146 e. The predicted octanol–water partition coefficient (Wildman–Crippen LogP) is 3.54. The first kappa shape index (κ1) is 12.8. The van der Waals surface area contributed by atoms with Crippen LogP contribution in [-0.4, -0.2) is 4.98 Å². The SMILES string of the molecule is CC1(C)NNc2nc(-c3ccc(F)cc3)c3c(c21)CCC3. The molecule has 0 bridgehead atoms. The van der Waals surface area contributed by atoms with Gasteiger partial charge in [-0.1, -0.05) is 0 Å². The van der Waals surface area contributed by atoms with Crippen LogP contribution in [0.25, 0.3) is 11.3 Å². The van der Waals surface area contributed by atoms with Gasteiger partial charge < -0.3 is 5.43 Å². The fraction of sp³-hybridized carbons (Fsp3) is 0.353. The summed E-state index contributed by atoms with van der Waals surface area (Å²) in [6.07, 6.45) is 3.32.